The van der Waals surface area contributed by atoms with Crippen molar-refractivity contribution in [3.05, 3.63) is 34.9 Å². The second-order valence-corrected chi connectivity index (χ2v) is 8.40. The Kier molecular flexibility index (Phi) is 4.44. The molecule has 3 amide bonds. The van der Waals surface area contributed by atoms with E-state index in [4.69, 9.17) is 0 Å². The average Bonchev–Trinajstić information content (AvgIpc) is 3.31. The topological polar surface area (TPSA) is 90.5 Å². The van der Waals surface area contributed by atoms with Gasteiger partial charge in [0.1, 0.15) is 6.04 Å². The van der Waals surface area contributed by atoms with Gasteiger partial charge in [0.15, 0.2) is 0 Å². The van der Waals surface area contributed by atoms with Crippen LogP contribution in [0.5, 0.6) is 0 Å². The third kappa shape index (κ3) is 3.02. The van der Waals surface area contributed by atoms with Crippen molar-refractivity contribution in [2.45, 2.75) is 50.9 Å². The highest BCUT2D eigenvalue weighted by atomic mass is 16.2. The molecule has 3 atom stereocenters. The maximum atomic E-state index is 12.9. The largest absolute Gasteiger partial charge is 0.322 e. The Morgan fingerprint density at radius 3 is 2.61 bits per heavy atom. The quantitative estimate of drug-likeness (QED) is 0.661. The number of fused-ring (bicyclic) bond motifs is 2. The molecule has 4 aliphatic rings. The van der Waals surface area contributed by atoms with Crippen molar-refractivity contribution in [2.75, 3.05) is 13.1 Å². The average molecular weight is 382 g/mol. The lowest BCUT2D eigenvalue weighted by molar-refractivity contribution is -0.136. The Bertz CT molecular complexity index is 827. The number of carbonyl (C=O) groups excluding carboxylic acids is 3. The summed E-state index contributed by atoms with van der Waals surface area (Å²) in [5, 5.41) is 9.53. The van der Waals surface area contributed by atoms with Crippen LogP contribution in [0.15, 0.2) is 18.2 Å². The molecule has 1 aromatic carbocycles. The van der Waals surface area contributed by atoms with Crippen molar-refractivity contribution in [3.8, 4) is 0 Å². The molecule has 1 aliphatic carbocycles. The van der Waals surface area contributed by atoms with E-state index in [0.717, 1.165) is 42.6 Å². The third-order valence-corrected chi connectivity index (χ3v) is 6.85. The van der Waals surface area contributed by atoms with E-state index in [1.807, 2.05) is 12.1 Å². The lowest BCUT2D eigenvalue weighted by atomic mass is 10.0. The normalized spacial score (nSPS) is 31.9. The first-order valence-electron chi connectivity index (χ1n) is 10.3. The number of hydrogen-bond donors (Lipinski definition) is 3. The van der Waals surface area contributed by atoms with E-state index < -0.39 is 6.04 Å². The monoisotopic (exact) mass is 382 g/mol. The number of amides is 3. The molecule has 3 N–H and O–H groups in total. The van der Waals surface area contributed by atoms with Crippen molar-refractivity contribution in [2.24, 2.45) is 11.8 Å². The van der Waals surface area contributed by atoms with Gasteiger partial charge in [-0.25, -0.2) is 0 Å². The first kappa shape index (κ1) is 17.8. The first-order valence-corrected chi connectivity index (χ1v) is 10.3. The Hall–Kier alpha value is -2.25. The smallest absolute Gasteiger partial charge is 0.255 e. The number of nitrogens with zero attached hydrogens (tertiary/aromatic N) is 1. The van der Waals surface area contributed by atoms with Crippen molar-refractivity contribution in [3.63, 3.8) is 0 Å². The SMILES string of the molecule is O=C1CCC(N2Cc3c(CNC4C5CCNCCC54)cccc3C2=O)C(=O)N1. The van der Waals surface area contributed by atoms with E-state index in [9.17, 15) is 14.4 Å². The summed E-state index contributed by atoms with van der Waals surface area (Å²) in [7, 11) is 0. The molecule has 2 saturated heterocycles. The van der Waals surface area contributed by atoms with Gasteiger partial charge in [-0.3, -0.25) is 19.7 Å². The predicted molar refractivity (Wildman–Crippen MR) is 102 cm³/mol. The fraction of sp³-hybridized carbons (Fsp3) is 0.571. The van der Waals surface area contributed by atoms with Gasteiger partial charge in [0.05, 0.1) is 0 Å². The minimum Gasteiger partial charge on any atom is -0.322 e. The van der Waals surface area contributed by atoms with Crippen LogP contribution in [0.4, 0.5) is 0 Å². The van der Waals surface area contributed by atoms with Gasteiger partial charge in [0.2, 0.25) is 11.8 Å². The second-order valence-electron chi connectivity index (χ2n) is 8.40. The number of piperidine rings is 1. The molecule has 0 radical (unpaired) electrons. The van der Waals surface area contributed by atoms with Crippen LogP contribution in [0.1, 0.15) is 47.2 Å². The molecule has 3 heterocycles. The summed E-state index contributed by atoms with van der Waals surface area (Å²) in [5.74, 6) is 0.826. The van der Waals surface area contributed by atoms with Gasteiger partial charge in [-0.2, -0.15) is 0 Å². The number of hydrogen-bond acceptors (Lipinski definition) is 5. The Labute approximate surface area is 164 Å². The van der Waals surface area contributed by atoms with E-state index in [1.54, 1.807) is 4.90 Å². The molecule has 1 aromatic rings. The molecular formula is C21H26N4O3. The number of nitrogens with one attached hydrogen (secondary N) is 3. The minimum atomic E-state index is -0.555. The van der Waals surface area contributed by atoms with Crippen LogP contribution < -0.4 is 16.0 Å². The molecule has 3 fully saturated rings. The fourth-order valence-corrected chi connectivity index (χ4v) is 5.24. The number of imide groups is 1. The molecule has 3 unspecified atom stereocenters. The van der Waals surface area contributed by atoms with E-state index in [0.29, 0.717) is 24.6 Å². The van der Waals surface area contributed by atoms with Crippen LogP contribution in [0.2, 0.25) is 0 Å². The molecule has 0 bridgehead atoms. The van der Waals surface area contributed by atoms with Crippen LogP contribution in [0.3, 0.4) is 0 Å². The van der Waals surface area contributed by atoms with Gasteiger partial charge in [-0.05, 0) is 61.4 Å². The Morgan fingerprint density at radius 2 is 1.86 bits per heavy atom. The van der Waals surface area contributed by atoms with E-state index >= 15 is 0 Å². The van der Waals surface area contributed by atoms with Gasteiger partial charge in [0.25, 0.3) is 5.91 Å². The third-order valence-electron chi connectivity index (χ3n) is 6.85. The summed E-state index contributed by atoms with van der Waals surface area (Å²) in [6, 6.07) is 5.88. The molecule has 7 heteroatoms. The van der Waals surface area contributed by atoms with Crippen LogP contribution in [0, 0.1) is 11.8 Å². The summed E-state index contributed by atoms with van der Waals surface area (Å²) in [4.78, 5) is 38.2. The molecule has 148 valence electrons. The van der Waals surface area contributed by atoms with Crippen LogP contribution in [-0.2, 0) is 22.7 Å². The van der Waals surface area contributed by atoms with Gasteiger partial charge < -0.3 is 15.5 Å². The lowest BCUT2D eigenvalue weighted by Gasteiger charge is -2.29. The second kappa shape index (κ2) is 6.97. The molecule has 28 heavy (non-hydrogen) atoms. The van der Waals surface area contributed by atoms with E-state index in [1.165, 1.54) is 12.8 Å². The van der Waals surface area contributed by atoms with E-state index in [-0.39, 0.29) is 24.1 Å². The number of carbonyl (C=O) groups is 3. The highest BCUT2D eigenvalue weighted by Crippen LogP contribution is 2.45. The van der Waals surface area contributed by atoms with Gasteiger partial charge in [-0.1, -0.05) is 12.1 Å². The summed E-state index contributed by atoms with van der Waals surface area (Å²) < 4.78 is 0. The molecule has 0 aromatic heterocycles. The first-order chi connectivity index (χ1) is 13.6. The molecule has 7 nitrogen and oxygen atoms in total. The van der Waals surface area contributed by atoms with Crippen molar-refractivity contribution in [1.82, 2.24) is 20.9 Å². The highest BCUT2D eigenvalue weighted by molar-refractivity contribution is 6.05. The summed E-state index contributed by atoms with van der Waals surface area (Å²) in [6.07, 6.45) is 3.15. The van der Waals surface area contributed by atoms with Crippen molar-refractivity contribution in [1.29, 1.82) is 0 Å². The summed E-state index contributed by atoms with van der Waals surface area (Å²) >= 11 is 0. The van der Waals surface area contributed by atoms with Crippen molar-refractivity contribution < 1.29 is 14.4 Å². The predicted octanol–water partition coefficient (Wildman–Crippen LogP) is 0.535. The highest BCUT2D eigenvalue weighted by Gasteiger charge is 2.49. The maximum absolute atomic E-state index is 12.9. The summed E-state index contributed by atoms with van der Waals surface area (Å²) in [5.41, 5.74) is 2.85. The minimum absolute atomic E-state index is 0.103. The number of rotatable bonds is 4. The van der Waals surface area contributed by atoms with E-state index in [2.05, 4.69) is 22.0 Å². The zero-order chi connectivity index (χ0) is 19.3. The molecule has 0 spiro atoms. The van der Waals surface area contributed by atoms with Crippen molar-refractivity contribution >= 4 is 17.7 Å². The molecule has 1 saturated carbocycles. The Balaban J connectivity index is 1.28. The van der Waals surface area contributed by atoms with Gasteiger partial charge in [0, 0.05) is 31.1 Å². The van der Waals surface area contributed by atoms with Crippen LogP contribution in [-0.4, -0.2) is 47.8 Å². The standard InChI is InChI=1S/C21H26N4O3/c26-18-5-4-17(20(27)24-18)25-11-16-12(2-1-3-15(16)21(25)28)10-23-19-13-6-8-22-9-7-14(13)19/h1-3,13-14,17,19,22-23H,4-11H2,(H,24,26,27). The zero-order valence-corrected chi connectivity index (χ0v) is 15.9. The van der Waals surface area contributed by atoms with Crippen LogP contribution in [0.25, 0.3) is 0 Å². The van der Waals surface area contributed by atoms with Crippen LogP contribution >= 0.6 is 0 Å². The molecule has 5 rings (SSSR count). The zero-order valence-electron chi connectivity index (χ0n) is 15.9. The number of benzene rings is 1. The summed E-state index contributed by atoms with van der Waals surface area (Å²) in [6.45, 7) is 3.41. The molecule has 3 aliphatic heterocycles. The lowest BCUT2D eigenvalue weighted by Crippen LogP contribution is -2.52. The van der Waals surface area contributed by atoms with Gasteiger partial charge >= 0.3 is 0 Å². The molecular weight excluding hydrogens is 356 g/mol. The maximum Gasteiger partial charge on any atom is 0.255 e. The van der Waals surface area contributed by atoms with Gasteiger partial charge in [-0.15, -0.1) is 0 Å². The Morgan fingerprint density at radius 1 is 1.07 bits per heavy atom. The fourth-order valence-electron chi connectivity index (χ4n) is 5.24.